The molecule has 0 fully saturated rings. The SMILES string of the molecule is CC(=O)c1cc(-c2ccccc2)c(N(C)C)s1. The highest BCUT2D eigenvalue weighted by Gasteiger charge is 2.14. The Balaban J connectivity index is 2.56. The minimum Gasteiger partial charge on any atom is -0.369 e. The van der Waals surface area contributed by atoms with E-state index in [-0.39, 0.29) is 5.78 Å². The Kier molecular flexibility index (Phi) is 3.29. The zero-order chi connectivity index (χ0) is 12.4. The average Bonchev–Trinajstić information content (AvgIpc) is 2.75. The van der Waals surface area contributed by atoms with Gasteiger partial charge in [0.2, 0.25) is 0 Å². The van der Waals surface area contributed by atoms with Crippen LogP contribution in [0.25, 0.3) is 11.1 Å². The number of hydrogen-bond acceptors (Lipinski definition) is 3. The summed E-state index contributed by atoms with van der Waals surface area (Å²) < 4.78 is 0. The largest absolute Gasteiger partial charge is 0.369 e. The number of thiophene rings is 1. The molecule has 0 saturated carbocycles. The summed E-state index contributed by atoms with van der Waals surface area (Å²) in [5.74, 6) is 0.125. The summed E-state index contributed by atoms with van der Waals surface area (Å²) in [6.07, 6.45) is 0. The lowest BCUT2D eigenvalue weighted by molar-refractivity contribution is 0.102. The van der Waals surface area contributed by atoms with Gasteiger partial charge in [-0.25, -0.2) is 0 Å². The predicted molar refractivity (Wildman–Crippen MR) is 74.1 cm³/mol. The molecule has 0 N–H and O–H groups in total. The van der Waals surface area contributed by atoms with Crippen molar-refractivity contribution in [3.8, 4) is 11.1 Å². The molecule has 0 aliphatic rings. The smallest absolute Gasteiger partial charge is 0.169 e. The Morgan fingerprint density at radius 2 is 1.82 bits per heavy atom. The van der Waals surface area contributed by atoms with E-state index in [4.69, 9.17) is 0 Å². The highest BCUT2D eigenvalue weighted by atomic mass is 32.1. The molecule has 1 aromatic heterocycles. The molecule has 1 heterocycles. The van der Waals surface area contributed by atoms with Crippen LogP contribution in [0, 0.1) is 0 Å². The van der Waals surface area contributed by atoms with E-state index in [2.05, 4.69) is 17.0 Å². The maximum atomic E-state index is 11.5. The summed E-state index contributed by atoms with van der Waals surface area (Å²) >= 11 is 1.55. The van der Waals surface area contributed by atoms with Crippen LogP contribution in [0.3, 0.4) is 0 Å². The third-order valence-electron chi connectivity index (χ3n) is 2.55. The molecular weight excluding hydrogens is 230 g/mol. The number of nitrogens with zero attached hydrogens (tertiary/aromatic N) is 1. The molecule has 3 heteroatoms. The van der Waals surface area contributed by atoms with Gasteiger partial charge in [0.25, 0.3) is 0 Å². The highest BCUT2D eigenvalue weighted by molar-refractivity contribution is 7.18. The van der Waals surface area contributed by atoms with Gasteiger partial charge in [-0.3, -0.25) is 4.79 Å². The Morgan fingerprint density at radius 3 is 2.35 bits per heavy atom. The maximum absolute atomic E-state index is 11.5. The number of hydrogen-bond donors (Lipinski definition) is 0. The first kappa shape index (κ1) is 11.9. The zero-order valence-electron chi connectivity index (χ0n) is 10.2. The lowest BCUT2D eigenvalue weighted by atomic mass is 10.1. The molecule has 0 spiro atoms. The number of carbonyl (C=O) groups is 1. The lowest BCUT2D eigenvalue weighted by Crippen LogP contribution is -2.07. The molecule has 2 rings (SSSR count). The van der Waals surface area contributed by atoms with Gasteiger partial charge < -0.3 is 4.90 Å². The monoisotopic (exact) mass is 245 g/mol. The van der Waals surface area contributed by atoms with E-state index < -0.39 is 0 Å². The minimum absolute atomic E-state index is 0.125. The van der Waals surface area contributed by atoms with Crippen LogP contribution >= 0.6 is 11.3 Å². The second kappa shape index (κ2) is 4.72. The van der Waals surface area contributed by atoms with Gasteiger partial charge in [0.05, 0.1) is 9.88 Å². The second-order valence-corrected chi connectivity index (χ2v) is 5.18. The van der Waals surface area contributed by atoms with Gasteiger partial charge in [-0.05, 0) is 18.6 Å². The molecule has 0 bridgehead atoms. The molecule has 0 radical (unpaired) electrons. The molecule has 1 aromatic carbocycles. The summed E-state index contributed by atoms with van der Waals surface area (Å²) in [6.45, 7) is 1.61. The van der Waals surface area contributed by atoms with Gasteiger partial charge in [0.1, 0.15) is 0 Å². The Morgan fingerprint density at radius 1 is 1.18 bits per heavy atom. The van der Waals surface area contributed by atoms with Crippen LogP contribution in [0.4, 0.5) is 5.00 Å². The summed E-state index contributed by atoms with van der Waals surface area (Å²) in [7, 11) is 4.00. The fraction of sp³-hybridized carbons (Fsp3) is 0.214. The first-order valence-electron chi connectivity index (χ1n) is 5.47. The number of benzene rings is 1. The van der Waals surface area contributed by atoms with Crippen LogP contribution < -0.4 is 4.90 Å². The van der Waals surface area contributed by atoms with Crippen LogP contribution in [-0.4, -0.2) is 19.9 Å². The number of anilines is 1. The van der Waals surface area contributed by atoms with Crippen LogP contribution in [0.1, 0.15) is 16.6 Å². The molecule has 0 aliphatic carbocycles. The Hall–Kier alpha value is -1.61. The number of rotatable bonds is 3. The zero-order valence-corrected chi connectivity index (χ0v) is 11.0. The summed E-state index contributed by atoms with van der Waals surface area (Å²) in [6, 6.07) is 12.1. The van der Waals surface area contributed by atoms with Gasteiger partial charge in [-0.1, -0.05) is 30.3 Å². The first-order chi connectivity index (χ1) is 8.09. The van der Waals surface area contributed by atoms with Crippen molar-refractivity contribution >= 4 is 22.1 Å². The predicted octanol–water partition coefficient (Wildman–Crippen LogP) is 3.68. The number of ketones is 1. The van der Waals surface area contributed by atoms with Crippen molar-refractivity contribution in [2.45, 2.75) is 6.92 Å². The quantitative estimate of drug-likeness (QED) is 0.769. The highest BCUT2D eigenvalue weighted by Crippen LogP contribution is 2.38. The van der Waals surface area contributed by atoms with Gasteiger partial charge in [-0.15, -0.1) is 11.3 Å². The molecule has 0 aliphatic heterocycles. The van der Waals surface area contributed by atoms with Crippen molar-refractivity contribution in [2.24, 2.45) is 0 Å². The molecule has 2 aromatic rings. The van der Waals surface area contributed by atoms with Crippen LogP contribution in [0.2, 0.25) is 0 Å². The van der Waals surface area contributed by atoms with Crippen molar-refractivity contribution in [1.82, 2.24) is 0 Å². The maximum Gasteiger partial charge on any atom is 0.169 e. The molecule has 0 saturated heterocycles. The van der Waals surface area contributed by atoms with E-state index in [1.807, 2.05) is 38.4 Å². The second-order valence-electron chi connectivity index (χ2n) is 4.15. The standard InChI is InChI=1S/C14H15NOS/c1-10(16)13-9-12(14(17-13)15(2)3)11-7-5-4-6-8-11/h4-9H,1-3H3. The van der Waals surface area contributed by atoms with E-state index in [0.717, 1.165) is 21.0 Å². The lowest BCUT2D eigenvalue weighted by Gasteiger charge is -2.12. The minimum atomic E-state index is 0.125. The Bertz CT molecular complexity index is 528. The molecule has 17 heavy (non-hydrogen) atoms. The average molecular weight is 245 g/mol. The van der Waals surface area contributed by atoms with Gasteiger partial charge in [-0.2, -0.15) is 0 Å². The summed E-state index contributed by atoms with van der Waals surface area (Å²) in [4.78, 5) is 14.3. The molecule has 88 valence electrons. The molecular formula is C14H15NOS. The third kappa shape index (κ3) is 2.39. The van der Waals surface area contributed by atoms with Gasteiger partial charge in [0.15, 0.2) is 5.78 Å². The first-order valence-corrected chi connectivity index (χ1v) is 6.28. The van der Waals surface area contributed by atoms with Crippen molar-refractivity contribution in [3.05, 3.63) is 41.3 Å². The van der Waals surface area contributed by atoms with Crippen LogP contribution in [-0.2, 0) is 0 Å². The van der Waals surface area contributed by atoms with E-state index in [1.165, 1.54) is 0 Å². The van der Waals surface area contributed by atoms with Crippen molar-refractivity contribution in [2.75, 3.05) is 19.0 Å². The van der Waals surface area contributed by atoms with Crippen molar-refractivity contribution in [1.29, 1.82) is 0 Å². The van der Waals surface area contributed by atoms with Crippen molar-refractivity contribution < 1.29 is 4.79 Å². The fourth-order valence-electron chi connectivity index (χ4n) is 1.71. The van der Waals surface area contributed by atoms with E-state index >= 15 is 0 Å². The Labute approximate surface area is 106 Å². The van der Waals surface area contributed by atoms with Gasteiger partial charge in [0, 0.05) is 19.7 Å². The van der Waals surface area contributed by atoms with Gasteiger partial charge >= 0.3 is 0 Å². The number of Topliss-reactive ketones (excluding diaryl/α,β-unsaturated/α-hetero) is 1. The van der Waals surface area contributed by atoms with Crippen molar-refractivity contribution in [3.63, 3.8) is 0 Å². The van der Waals surface area contributed by atoms with Crippen LogP contribution in [0.15, 0.2) is 36.4 Å². The van der Waals surface area contributed by atoms with E-state index in [9.17, 15) is 4.79 Å². The molecule has 0 amide bonds. The fourth-order valence-corrected chi connectivity index (χ4v) is 2.71. The summed E-state index contributed by atoms with van der Waals surface area (Å²) in [5, 5.41) is 1.13. The van der Waals surface area contributed by atoms with E-state index in [0.29, 0.717) is 0 Å². The molecule has 0 unspecified atom stereocenters. The number of carbonyl (C=O) groups excluding carboxylic acids is 1. The molecule has 2 nitrogen and oxygen atoms in total. The van der Waals surface area contributed by atoms with E-state index in [1.54, 1.807) is 18.3 Å². The normalized spacial score (nSPS) is 10.3. The third-order valence-corrected chi connectivity index (χ3v) is 3.95. The topological polar surface area (TPSA) is 20.3 Å². The molecule has 0 atom stereocenters. The summed E-state index contributed by atoms with van der Waals surface area (Å²) in [5.41, 5.74) is 2.28. The van der Waals surface area contributed by atoms with Crippen LogP contribution in [0.5, 0.6) is 0 Å².